The first-order chi connectivity index (χ1) is 7.63. The third kappa shape index (κ3) is 1.85. The van der Waals surface area contributed by atoms with Crippen molar-refractivity contribution < 1.29 is 4.79 Å². The topological polar surface area (TPSA) is 20.3 Å². The zero-order valence-electron chi connectivity index (χ0n) is 9.24. The molecule has 1 aromatic rings. The summed E-state index contributed by atoms with van der Waals surface area (Å²) < 4.78 is 0. The average Bonchev–Trinajstić information content (AvgIpc) is 2.27. The molecule has 16 heavy (non-hydrogen) atoms. The van der Waals surface area contributed by atoms with E-state index in [1.165, 1.54) is 11.6 Å². The van der Waals surface area contributed by atoms with Crippen molar-refractivity contribution in [2.24, 2.45) is 0 Å². The predicted molar refractivity (Wildman–Crippen MR) is 65.5 cm³/mol. The van der Waals surface area contributed by atoms with Gasteiger partial charge in [-0.25, -0.2) is 0 Å². The molecule has 1 aromatic carbocycles. The fourth-order valence-corrected chi connectivity index (χ4v) is 2.64. The van der Waals surface area contributed by atoms with E-state index in [4.69, 9.17) is 11.6 Å². The van der Waals surface area contributed by atoms with Crippen LogP contribution in [0.1, 0.15) is 24.0 Å². The molecular weight excluding hydrogens is 222 g/mol. The number of carbonyl (C=O) groups is 1. The molecule has 1 heterocycles. The number of fused-ring (bicyclic) bond motifs is 1. The first-order valence-corrected chi connectivity index (χ1v) is 5.70. The van der Waals surface area contributed by atoms with Crippen LogP contribution in [0.3, 0.4) is 0 Å². The molecule has 1 aliphatic rings. The molecule has 2 rings (SSSR count). The number of rotatable bonds is 1. The van der Waals surface area contributed by atoms with Crippen LogP contribution in [0, 0.1) is 0 Å². The zero-order chi connectivity index (χ0) is 11.7. The van der Waals surface area contributed by atoms with E-state index in [1.54, 1.807) is 4.90 Å². The Morgan fingerprint density at radius 1 is 1.62 bits per heavy atom. The van der Waals surface area contributed by atoms with E-state index in [0.717, 1.165) is 10.6 Å². The Hall–Kier alpha value is -1.28. The SMILES string of the molecule is C=CC(=O)N1Cc2cccc(Cl)c2[C@H](C)C1. The summed E-state index contributed by atoms with van der Waals surface area (Å²) in [5.41, 5.74) is 2.32. The number of benzene rings is 1. The van der Waals surface area contributed by atoms with Gasteiger partial charge in [0, 0.05) is 24.0 Å². The fourth-order valence-electron chi connectivity index (χ4n) is 2.26. The highest BCUT2D eigenvalue weighted by atomic mass is 35.5. The number of carbonyl (C=O) groups excluding carboxylic acids is 1. The van der Waals surface area contributed by atoms with Gasteiger partial charge >= 0.3 is 0 Å². The lowest BCUT2D eigenvalue weighted by Crippen LogP contribution is -2.36. The summed E-state index contributed by atoms with van der Waals surface area (Å²) in [7, 11) is 0. The van der Waals surface area contributed by atoms with Crippen molar-refractivity contribution >= 4 is 17.5 Å². The van der Waals surface area contributed by atoms with Gasteiger partial charge in [-0.1, -0.05) is 37.2 Å². The van der Waals surface area contributed by atoms with E-state index in [9.17, 15) is 4.79 Å². The van der Waals surface area contributed by atoms with Crippen LogP contribution in [0.5, 0.6) is 0 Å². The highest BCUT2D eigenvalue weighted by Gasteiger charge is 2.25. The molecule has 0 spiro atoms. The van der Waals surface area contributed by atoms with E-state index in [2.05, 4.69) is 13.5 Å². The second kappa shape index (κ2) is 4.30. The van der Waals surface area contributed by atoms with Crippen molar-refractivity contribution in [3.63, 3.8) is 0 Å². The van der Waals surface area contributed by atoms with E-state index < -0.39 is 0 Å². The van der Waals surface area contributed by atoms with E-state index in [0.29, 0.717) is 13.1 Å². The van der Waals surface area contributed by atoms with Crippen LogP contribution in [-0.4, -0.2) is 17.4 Å². The molecule has 1 aliphatic heterocycles. The second-order valence-corrected chi connectivity index (χ2v) is 4.54. The number of nitrogens with zero attached hydrogens (tertiary/aromatic N) is 1. The average molecular weight is 236 g/mol. The lowest BCUT2D eigenvalue weighted by molar-refractivity contribution is -0.127. The minimum Gasteiger partial charge on any atom is -0.334 e. The number of hydrogen-bond acceptors (Lipinski definition) is 1. The van der Waals surface area contributed by atoms with Gasteiger partial charge in [0.25, 0.3) is 0 Å². The monoisotopic (exact) mass is 235 g/mol. The van der Waals surface area contributed by atoms with Crippen LogP contribution in [0.25, 0.3) is 0 Å². The smallest absolute Gasteiger partial charge is 0.246 e. The normalized spacial score (nSPS) is 19.1. The molecule has 0 N–H and O–H groups in total. The van der Waals surface area contributed by atoms with Gasteiger partial charge in [0.05, 0.1) is 0 Å². The van der Waals surface area contributed by atoms with Crippen molar-refractivity contribution in [1.82, 2.24) is 4.90 Å². The highest BCUT2D eigenvalue weighted by molar-refractivity contribution is 6.31. The number of hydrogen-bond donors (Lipinski definition) is 0. The van der Waals surface area contributed by atoms with Crippen molar-refractivity contribution in [3.05, 3.63) is 47.0 Å². The minimum atomic E-state index is -0.0162. The van der Waals surface area contributed by atoms with E-state index in [1.807, 2.05) is 18.2 Å². The molecule has 0 saturated carbocycles. The van der Waals surface area contributed by atoms with Gasteiger partial charge in [0.15, 0.2) is 0 Å². The van der Waals surface area contributed by atoms with Gasteiger partial charge in [-0.05, 0) is 23.3 Å². The minimum absolute atomic E-state index is 0.0162. The molecule has 2 nitrogen and oxygen atoms in total. The maximum Gasteiger partial charge on any atom is 0.246 e. The first-order valence-electron chi connectivity index (χ1n) is 5.32. The molecule has 0 unspecified atom stereocenters. The van der Waals surface area contributed by atoms with Crippen LogP contribution in [0.15, 0.2) is 30.9 Å². The third-order valence-electron chi connectivity index (χ3n) is 2.98. The molecule has 0 saturated heterocycles. The van der Waals surface area contributed by atoms with Crippen LogP contribution in [0.2, 0.25) is 5.02 Å². The quantitative estimate of drug-likeness (QED) is 0.686. The van der Waals surface area contributed by atoms with Crippen LogP contribution in [-0.2, 0) is 11.3 Å². The molecule has 0 aliphatic carbocycles. The Labute approximate surface area is 101 Å². The summed E-state index contributed by atoms with van der Waals surface area (Å²) in [6, 6.07) is 5.86. The van der Waals surface area contributed by atoms with Crippen molar-refractivity contribution in [1.29, 1.82) is 0 Å². The third-order valence-corrected chi connectivity index (χ3v) is 3.31. The van der Waals surface area contributed by atoms with E-state index in [-0.39, 0.29) is 11.8 Å². The molecule has 84 valence electrons. The standard InChI is InChI=1S/C13H14ClNO/c1-3-12(16)15-7-9(2)13-10(8-15)5-4-6-11(13)14/h3-6,9H,1,7-8H2,2H3/t9-/m1/s1. The van der Waals surface area contributed by atoms with Crippen molar-refractivity contribution in [2.75, 3.05) is 6.54 Å². The summed E-state index contributed by atoms with van der Waals surface area (Å²) in [6.07, 6.45) is 1.36. The van der Waals surface area contributed by atoms with Gasteiger partial charge in [0.2, 0.25) is 5.91 Å². The molecule has 1 amide bonds. The largest absolute Gasteiger partial charge is 0.334 e. The molecule has 0 aromatic heterocycles. The zero-order valence-corrected chi connectivity index (χ0v) is 10.00. The van der Waals surface area contributed by atoms with Crippen LogP contribution in [0.4, 0.5) is 0 Å². The molecule has 0 fully saturated rings. The fraction of sp³-hybridized carbons (Fsp3) is 0.308. The molecule has 1 atom stereocenters. The lowest BCUT2D eigenvalue weighted by Gasteiger charge is -2.33. The maximum atomic E-state index is 11.6. The predicted octanol–water partition coefficient (Wildman–Crippen LogP) is 2.97. The summed E-state index contributed by atoms with van der Waals surface area (Å²) in [5.74, 6) is 0.263. The van der Waals surface area contributed by atoms with Gasteiger partial charge in [0.1, 0.15) is 0 Å². The maximum absolute atomic E-state index is 11.6. The number of halogens is 1. The Morgan fingerprint density at radius 3 is 3.06 bits per heavy atom. The summed E-state index contributed by atoms with van der Waals surface area (Å²) >= 11 is 6.17. The van der Waals surface area contributed by atoms with Crippen LogP contribution < -0.4 is 0 Å². The Bertz CT molecular complexity index is 442. The van der Waals surface area contributed by atoms with Gasteiger partial charge < -0.3 is 4.90 Å². The van der Waals surface area contributed by atoms with Crippen LogP contribution >= 0.6 is 11.6 Å². The Kier molecular flexibility index (Phi) is 3.01. The molecular formula is C13H14ClNO. The molecule has 0 radical (unpaired) electrons. The van der Waals surface area contributed by atoms with Crippen molar-refractivity contribution in [3.8, 4) is 0 Å². The summed E-state index contributed by atoms with van der Waals surface area (Å²) in [4.78, 5) is 13.4. The highest BCUT2D eigenvalue weighted by Crippen LogP contribution is 2.33. The van der Waals surface area contributed by atoms with Crippen molar-refractivity contribution in [2.45, 2.75) is 19.4 Å². The Balaban J connectivity index is 2.37. The summed E-state index contributed by atoms with van der Waals surface area (Å²) in [6.45, 7) is 6.95. The first kappa shape index (κ1) is 11.2. The van der Waals surface area contributed by atoms with Gasteiger partial charge in [-0.2, -0.15) is 0 Å². The van der Waals surface area contributed by atoms with Gasteiger partial charge in [-0.3, -0.25) is 4.79 Å². The second-order valence-electron chi connectivity index (χ2n) is 4.14. The number of amides is 1. The molecule has 0 bridgehead atoms. The lowest BCUT2D eigenvalue weighted by atomic mass is 9.91. The summed E-state index contributed by atoms with van der Waals surface area (Å²) in [5, 5.41) is 0.802. The van der Waals surface area contributed by atoms with Gasteiger partial charge in [-0.15, -0.1) is 0 Å². The molecule has 3 heteroatoms. The van der Waals surface area contributed by atoms with E-state index >= 15 is 0 Å². The Morgan fingerprint density at radius 2 is 2.38 bits per heavy atom.